The van der Waals surface area contributed by atoms with E-state index in [1.165, 1.54) is 30.5 Å². The van der Waals surface area contributed by atoms with Gasteiger partial charge in [-0.3, -0.25) is 0 Å². The second kappa shape index (κ2) is 4.80. The van der Waals surface area contributed by atoms with Crippen molar-refractivity contribution in [3.8, 4) is 0 Å². The van der Waals surface area contributed by atoms with E-state index < -0.39 is 0 Å². The molecule has 0 aliphatic carbocycles. The van der Waals surface area contributed by atoms with E-state index in [1.807, 2.05) is 0 Å². The summed E-state index contributed by atoms with van der Waals surface area (Å²) in [5.74, 6) is 1.38. The molecule has 1 aromatic rings. The lowest BCUT2D eigenvalue weighted by atomic mass is 9.90. The maximum absolute atomic E-state index is 3.47. The van der Waals surface area contributed by atoms with Gasteiger partial charge >= 0.3 is 0 Å². The van der Waals surface area contributed by atoms with Crippen LogP contribution in [0, 0.1) is 0 Å². The number of piperidine rings is 1. The molecule has 82 valence electrons. The number of rotatable bonds is 2. The monoisotopic (exact) mass is 203 g/mol. The van der Waals surface area contributed by atoms with Crippen LogP contribution in [0.4, 0.5) is 0 Å². The Morgan fingerprint density at radius 3 is 2.47 bits per heavy atom. The van der Waals surface area contributed by atoms with Gasteiger partial charge in [0.15, 0.2) is 0 Å². The number of hydrogen-bond donors (Lipinski definition) is 1. The van der Waals surface area contributed by atoms with Crippen molar-refractivity contribution in [3.63, 3.8) is 0 Å². The van der Waals surface area contributed by atoms with Gasteiger partial charge in [0, 0.05) is 6.54 Å². The molecule has 0 bridgehead atoms. The highest BCUT2D eigenvalue weighted by Gasteiger charge is 2.14. The zero-order valence-electron chi connectivity index (χ0n) is 9.79. The summed E-state index contributed by atoms with van der Waals surface area (Å²) >= 11 is 0. The van der Waals surface area contributed by atoms with E-state index in [4.69, 9.17) is 0 Å². The minimum absolute atomic E-state index is 0.642. The van der Waals surface area contributed by atoms with Crippen LogP contribution in [-0.4, -0.2) is 13.1 Å². The highest BCUT2D eigenvalue weighted by Crippen LogP contribution is 2.24. The predicted molar refractivity (Wildman–Crippen MR) is 65.4 cm³/mol. The second-order valence-electron chi connectivity index (χ2n) is 4.86. The first-order valence-electron chi connectivity index (χ1n) is 6.08. The van der Waals surface area contributed by atoms with Crippen LogP contribution >= 0.6 is 0 Å². The van der Waals surface area contributed by atoms with Crippen molar-refractivity contribution >= 4 is 0 Å². The van der Waals surface area contributed by atoms with Gasteiger partial charge in [-0.15, -0.1) is 0 Å². The van der Waals surface area contributed by atoms with E-state index >= 15 is 0 Å². The molecule has 1 aliphatic rings. The average molecular weight is 203 g/mol. The Morgan fingerprint density at radius 2 is 1.93 bits per heavy atom. The standard InChI is InChI=1S/C14H21N/c1-11(2)12-5-7-13(8-6-12)14-4-3-9-15-10-14/h5-8,11,14-15H,3-4,9-10H2,1-2H3/t14-/m1/s1. The third kappa shape index (κ3) is 2.60. The quantitative estimate of drug-likeness (QED) is 0.778. The Balaban J connectivity index is 2.08. The van der Waals surface area contributed by atoms with Crippen LogP contribution < -0.4 is 5.32 Å². The molecule has 0 unspecified atom stereocenters. The summed E-state index contributed by atoms with van der Waals surface area (Å²) in [5.41, 5.74) is 2.95. The van der Waals surface area contributed by atoms with Gasteiger partial charge in [-0.2, -0.15) is 0 Å². The molecular weight excluding hydrogens is 182 g/mol. The molecule has 0 saturated carbocycles. The normalized spacial score (nSPS) is 21.9. The molecule has 1 saturated heterocycles. The Bertz CT molecular complexity index is 294. The van der Waals surface area contributed by atoms with Crippen LogP contribution in [0.1, 0.15) is 49.7 Å². The maximum atomic E-state index is 3.47. The first-order chi connectivity index (χ1) is 7.27. The van der Waals surface area contributed by atoms with Gasteiger partial charge in [0.05, 0.1) is 0 Å². The van der Waals surface area contributed by atoms with Crippen LogP contribution in [0.15, 0.2) is 24.3 Å². The largest absolute Gasteiger partial charge is 0.316 e. The predicted octanol–water partition coefficient (Wildman–Crippen LogP) is 3.28. The first kappa shape index (κ1) is 10.7. The van der Waals surface area contributed by atoms with Crippen molar-refractivity contribution in [1.29, 1.82) is 0 Å². The Morgan fingerprint density at radius 1 is 1.20 bits per heavy atom. The summed E-state index contributed by atoms with van der Waals surface area (Å²) in [6, 6.07) is 9.20. The minimum atomic E-state index is 0.642. The van der Waals surface area contributed by atoms with Crippen molar-refractivity contribution in [2.75, 3.05) is 13.1 Å². The number of hydrogen-bond acceptors (Lipinski definition) is 1. The molecule has 1 aromatic carbocycles. The van der Waals surface area contributed by atoms with Crippen molar-refractivity contribution in [1.82, 2.24) is 5.32 Å². The lowest BCUT2D eigenvalue weighted by molar-refractivity contribution is 0.461. The maximum Gasteiger partial charge on any atom is 0.00201 e. The van der Waals surface area contributed by atoms with Crippen LogP contribution in [0.25, 0.3) is 0 Å². The van der Waals surface area contributed by atoms with Crippen molar-refractivity contribution in [2.24, 2.45) is 0 Å². The van der Waals surface area contributed by atoms with Crippen molar-refractivity contribution in [3.05, 3.63) is 35.4 Å². The second-order valence-corrected chi connectivity index (χ2v) is 4.86. The topological polar surface area (TPSA) is 12.0 Å². The lowest BCUT2D eigenvalue weighted by Crippen LogP contribution is -2.28. The molecular formula is C14H21N. The molecule has 0 radical (unpaired) electrons. The Labute approximate surface area is 92.9 Å². The fourth-order valence-corrected chi connectivity index (χ4v) is 2.29. The fourth-order valence-electron chi connectivity index (χ4n) is 2.29. The highest BCUT2D eigenvalue weighted by molar-refractivity contribution is 5.27. The van der Waals surface area contributed by atoms with Crippen LogP contribution in [0.3, 0.4) is 0 Å². The fraction of sp³-hybridized carbons (Fsp3) is 0.571. The smallest absolute Gasteiger partial charge is 0.00201 e. The summed E-state index contributed by atoms with van der Waals surface area (Å²) in [6.07, 6.45) is 2.66. The average Bonchev–Trinajstić information content (AvgIpc) is 2.30. The van der Waals surface area contributed by atoms with Crippen molar-refractivity contribution in [2.45, 2.75) is 38.5 Å². The molecule has 0 spiro atoms. The van der Waals surface area contributed by atoms with E-state index in [0.29, 0.717) is 5.92 Å². The third-order valence-electron chi connectivity index (χ3n) is 3.37. The van der Waals surface area contributed by atoms with Gasteiger partial charge in [0.2, 0.25) is 0 Å². The van der Waals surface area contributed by atoms with E-state index in [-0.39, 0.29) is 0 Å². The zero-order chi connectivity index (χ0) is 10.7. The van der Waals surface area contributed by atoms with Crippen LogP contribution in [0.2, 0.25) is 0 Å². The Kier molecular flexibility index (Phi) is 3.42. The summed E-state index contributed by atoms with van der Waals surface area (Å²) in [4.78, 5) is 0. The van der Waals surface area contributed by atoms with Gasteiger partial charge < -0.3 is 5.32 Å². The summed E-state index contributed by atoms with van der Waals surface area (Å²) in [7, 11) is 0. The Hall–Kier alpha value is -0.820. The minimum Gasteiger partial charge on any atom is -0.316 e. The van der Waals surface area contributed by atoms with Gasteiger partial charge in [-0.1, -0.05) is 38.1 Å². The molecule has 1 heterocycles. The molecule has 0 aromatic heterocycles. The van der Waals surface area contributed by atoms with E-state index in [1.54, 1.807) is 0 Å². The molecule has 1 heteroatoms. The molecule has 1 atom stereocenters. The molecule has 15 heavy (non-hydrogen) atoms. The molecule has 0 amide bonds. The van der Waals surface area contributed by atoms with Gasteiger partial charge in [0.1, 0.15) is 0 Å². The molecule has 1 fully saturated rings. The first-order valence-corrected chi connectivity index (χ1v) is 6.08. The lowest BCUT2D eigenvalue weighted by Gasteiger charge is -2.23. The molecule has 2 rings (SSSR count). The molecule has 1 aliphatic heterocycles. The summed E-state index contributed by atoms with van der Waals surface area (Å²) in [5, 5.41) is 3.47. The van der Waals surface area contributed by atoms with E-state index in [0.717, 1.165) is 12.5 Å². The molecule has 1 nitrogen and oxygen atoms in total. The molecule has 1 N–H and O–H groups in total. The highest BCUT2D eigenvalue weighted by atomic mass is 14.9. The number of nitrogens with one attached hydrogen (secondary N) is 1. The van der Waals surface area contributed by atoms with E-state index in [9.17, 15) is 0 Å². The third-order valence-corrected chi connectivity index (χ3v) is 3.37. The van der Waals surface area contributed by atoms with Crippen molar-refractivity contribution < 1.29 is 0 Å². The van der Waals surface area contributed by atoms with Crippen LogP contribution in [-0.2, 0) is 0 Å². The van der Waals surface area contributed by atoms with Gasteiger partial charge in [-0.05, 0) is 42.3 Å². The summed E-state index contributed by atoms with van der Waals surface area (Å²) in [6.45, 7) is 6.84. The van der Waals surface area contributed by atoms with Crippen LogP contribution in [0.5, 0.6) is 0 Å². The van der Waals surface area contributed by atoms with Gasteiger partial charge in [0.25, 0.3) is 0 Å². The van der Waals surface area contributed by atoms with E-state index in [2.05, 4.69) is 43.4 Å². The SMILES string of the molecule is CC(C)c1ccc([C@@H]2CCCNC2)cc1. The van der Waals surface area contributed by atoms with Gasteiger partial charge in [-0.25, -0.2) is 0 Å². The number of benzene rings is 1. The summed E-state index contributed by atoms with van der Waals surface area (Å²) < 4.78 is 0. The zero-order valence-corrected chi connectivity index (χ0v) is 9.79.